The second kappa shape index (κ2) is 40.6. The molecule has 0 rings (SSSR count). The summed E-state index contributed by atoms with van der Waals surface area (Å²) in [4.78, 5) is 37.4. The lowest BCUT2D eigenvalue weighted by molar-refractivity contribution is -0.167. The van der Waals surface area contributed by atoms with Gasteiger partial charge in [-0.3, -0.25) is 14.4 Å². The minimum absolute atomic E-state index is 0.0651. The highest BCUT2D eigenvalue weighted by atomic mass is 16.6. The van der Waals surface area contributed by atoms with Crippen molar-refractivity contribution in [2.24, 2.45) is 5.92 Å². The van der Waals surface area contributed by atoms with E-state index in [9.17, 15) is 14.4 Å². The first-order valence-corrected chi connectivity index (χ1v) is 22.9. The second-order valence-electron chi connectivity index (χ2n) is 16.2. The number of ether oxygens (including phenoxy) is 3. The van der Waals surface area contributed by atoms with E-state index in [0.29, 0.717) is 19.3 Å². The van der Waals surface area contributed by atoms with Crippen LogP contribution in [0.4, 0.5) is 0 Å². The minimum Gasteiger partial charge on any atom is -0.462 e. The summed E-state index contributed by atoms with van der Waals surface area (Å²) in [5.74, 6) is -0.0412. The van der Waals surface area contributed by atoms with Gasteiger partial charge in [0.25, 0.3) is 0 Å². The zero-order valence-corrected chi connectivity index (χ0v) is 35.3. The van der Waals surface area contributed by atoms with E-state index < -0.39 is 6.10 Å². The highest BCUT2D eigenvalue weighted by molar-refractivity contribution is 5.71. The van der Waals surface area contributed by atoms with Crippen LogP contribution in [0.3, 0.4) is 0 Å². The zero-order chi connectivity index (χ0) is 38.2. The summed E-state index contributed by atoms with van der Waals surface area (Å²) in [5, 5.41) is 0. The summed E-state index contributed by atoms with van der Waals surface area (Å²) >= 11 is 0. The van der Waals surface area contributed by atoms with Crippen molar-refractivity contribution >= 4 is 17.9 Å². The summed E-state index contributed by atoms with van der Waals surface area (Å²) in [6.07, 6.45) is 39.7. The first-order valence-electron chi connectivity index (χ1n) is 22.9. The molecule has 0 amide bonds. The molecule has 0 saturated carbocycles. The van der Waals surface area contributed by atoms with E-state index in [1.807, 2.05) is 0 Å². The Labute approximate surface area is 323 Å². The molecule has 0 aliphatic carbocycles. The van der Waals surface area contributed by atoms with E-state index in [4.69, 9.17) is 14.2 Å². The van der Waals surface area contributed by atoms with Crippen molar-refractivity contribution < 1.29 is 28.6 Å². The first kappa shape index (κ1) is 50.4. The molecule has 0 aromatic heterocycles. The predicted octanol–water partition coefficient (Wildman–Crippen LogP) is 14.3. The van der Waals surface area contributed by atoms with E-state index in [1.165, 1.54) is 141 Å². The average Bonchev–Trinajstić information content (AvgIpc) is 3.12. The van der Waals surface area contributed by atoms with Gasteiger partial charge in [-0.2, -0.15) is 0 Å². The van der Waals surface area contributed by atoms with Crippen molar-refractivity contribution in [3.8, 4) is 0 Å². The Morgan fingerprint density at radius 1 is 0.365 bits per heavy atom. The molecule has 0 aromatic rings. The number of hydrogen-bond donors (Lipinski definition) is 0. The SMILES string of the molecule is CCCCCCCCCCCCCCCCCC(=O)OC[C@H](COC(=O)CCCCCCCCCCCCCC(C)C)OC(=O)CCCCCCC. The Hall–Kier alpha value is -1.59. The molecule has 0 aliphatic rings. The molecule has 6 heteroatoms. The van der Waals surface area contributed by atoms with Crippen LogP contribution in [0.25, 0.3) is 0 Å². The van der Waals surface area contributed by atoms with E-state index >= 15 is 0 Å². The summed E-state index contributed by atoms with van der Waals surface area (Å²) in [6.45, 7) is 8.92. The van der Waals surface area contributed by atoms with Crippen molar-refractivity contribution in [3.63, 3.8) is 0 Å². The maximum atomic E-state index is 12.5. The van der Waals surface area contributed by atoms with Crippen LogP contribution >= 0.6 is 0 Å². The van der Waals surface area contributed by atoms with Crippen LogP contribution in [-0.4, -0.2) is 37.2 Å². The zero-order valence-electron chi connectivity index (χ0n) is 35.3. The number of unbranched alkanes of at least 4 members (excludes halogenated alkanes) is 28. The van der Waals surface area contributed by atoms with E-state index in [2.05, 4.69) is 27.7 Å². The molecule has 1 atom stereocenters. The monoisotopic (exact) mass is 737 g/mol. The molecule has 0 saturated heterocycles. The fourth-order valence-corrected chi connectivity index (χ4v) is 6.80. The van der Waals surface area contributed by atoms with Gasteiger partial charge in [-0.25, -0.2) is 0 Å². The third-order valence-corrected chi connectivity index (χ3v) is 10.3. The molecule has 6 nitrogen and oxygen atoms in total. The van der Waals surface area contributed by atoms with Crippen LogP contribution in [0, 0.1) is 5.92 Å². The predicted molar refractivity (Wildman–Crippen MR) is 220 cm³/mol. The molecule has 0 aliphatic heterocycles. The third-order valence-electron chi connectivity index (χ3n) is 10.3. The molecule has 0 radical (unpaired) electrons. The van der Waals surface area contributed by atoms with Crippen molar-refractivity contribution in [2.75, 3.05) is 13.2 Å². The lowest BCUT2D eigenvalue weighted by Crippen LogP contribution is -2.30. The quantitative estimate of drug-likeness (QED) is 0.0353. The molecule has 0 N–H and O–H groups in total. The van der Waals surface area contributed by atoms with E-state index in [1.54, 1.807) is 0 Å². The van der Waals surface area contributed by atoms with Crippen LogP contribution in [0.5, 0.6) is 0 Å². The Morgan fingerprint density at radius 2 is 0.635 bits per heavy atom. The molecule has 0 unspecified atom stereocenters. The normalized spacial score (nSPS) is 11.9. The van der Waals surface area contributed by atoms with Gasteiger partial charge in [-0.1, -0.05) is 214 Å². The van der Waals surface area contributed by atoms with Crippen LogP contribution < -0.4 is 0 Å². The molecular formula is C46H88O6. The van der Waals surface area contributed by atoms with Crippen molar-refractivity contribution in [2.45, 2.75) is 259 Å². The molecule has 52 heavy (non-hydrogen) atoms. The van der Waals surface area contributed by atoms with Gasteiger partial charge in [0.1, 0.15) is 13.2 Å². The number of hydrogen-bond acceptors (Lipinski definition) is 6. The van der Waals surface area contributed by atoms with Gasteiger partial charge in [0.15, 0.2) is 6.10 Å². The number of carbonyl (C=O) groups excluding carboxylic acids is 3. The van der Waals surface area contributed by atoms with Gasteiger partial charge in [0, 0.05) is 19.3 Å². The number of esters is 3. The van der Waals surface area contributed by atoms with Crippen molar-refractivity contribution in [1.82, 2.24) is 0 Å². The summed E-state index contributed by atoms with van der Waals surface area (Å²) < 4.78 is 16.6. The molecule has 308 valence electrons. The van der Waals surface area contributed by atoms with E-state index in [-0.39, 0.29) is 31.1 Å². The Bertz CT molecular complexity index is 781. The van der Waals surface area contributed by atoms with Gasteiger partial charge in [-0.05, 0) is 25.2 Å². The minimum atomic E-state index is -0.757. The summed E-state index contributed by atoms with van der Waals surface area (Å²) in [6, 6.07) is 0. The first-order chi connectivity index (χ1) is 25.4. The molecule has 0 fully saturated rings. The van der Waals surface area contributed by atoms with Crippen LogP contribution in [0.2, 0.25) is 0 Å². The molecule has 0 heterocycles. The number of rotatable bonds is 41. The fraction of sp³-hybridized carbons (Fsp3) is 0.935. The Balaban J connectivity index is 4.13. The molecular weight excluding hydrogens is 649 g/mol. The van der Waals surface area contributed by atoms with E-state index in [0.717, 1.165) is 70.1 Å². The topological polar surface area (TPSA) is 78.9 Å². The third kappa shape index (κ3) is 39.6. The van der Waals surface area contributed by atoms with Gasteiger partial charge in [0.2, 0.25) is 0 Å². The second-order valence-corrected chi connectivity index (χ2v) is 16.2. The highest BCUT2D eigenvalue weighted by Gasteiger charge is 2.19. The van der Waals surface area contributed by atoms with Crippen LogP contribution in [0.15, 0.2) is 0 Å². The fourth-order valence-electron chi connectivity index (χ4n) is 6.80. The average molecular weight is 737 g/mol. The summed E-state index contributed by atoms with van der Waals surface area (Å²) in [7, 11) is 0. The van der Waals surface area contributed by atoms with Gasteiger partial charge in [0.05, 0.1) is 0 Å². The van der Waals surface area contributed by atoms with Gasteiger partial charge >= 0.3 is 17.9 Å². The lowest BCUT2D eigenvalue weighted by atomic mass is 10.0. The van der Waals surface area contributed by atoms with Gasteiger partial charge < -0.3 is 14.2 Å². The maximum Gasteiger partial charge on any atom is 0.306 e. The molecule has 0 aromatic carbocycles. The van der Waals surface area contributed by atoms with Crippen LogP contribution in [-0.2, 0) is 28.6 Å². The van der Waals surface area contributed by atoms with Gasteiger partial charge in [-0.15, -0.1) is 0 Å². The maximum absolute atomic E-state index is 12.5. The summed E-state index contributed by atoms with van der Waals surface area (Å²) in [5.41, 5.74) is 0. The van der Waals surface area contributed by atoms with Crippen molar-refractivity contribution in [1.29, 1.82) is 0 Å². The number of carbonyl (C=O) groups is 3. The van der Waals surface area contributed by atoms with Crippen LogP contribution in [0.1, 0.15) is 252 Å². The van der Waals surface area contributed by atoms with Crippen molar-refractivity contribution in [3.05, 3.63) is 0 Å². The Kier molecular flexibility index (Phi) is 39.4. The molecule has 0 bridgehead atoms. The molecule has 0 spiro atoms. The highest BCUT2D eigenvalue weighted by Crippen LogP contribution is 2.16. The standard InChI is InChI=1S/C46H88O6/c1-5-7-9-11-12-13-14-15-16-17-20-23-26-30-33-37-44(47)50-40-43(52-46(49)39-35-28-10-8-6-2)41-51-45(48)38-34-31-27-24-21-18-19-22-25-29-32-36-42(3)4/h42-43H,5-41H2,1-4H3/t43-/m1/s1. The smallest absolute Gasteiger partial charge is 0.306 e. The Morgan fingerprint density at radius 3 is 0.942 bits per heavy atom. The lowest BCUT2D eigenvalue weighted by Gasteiger charge is -2.18. The largest absolute Gasteiger partial charge is 0.462 e.